The molecule has 0 saturated carbocycles. The van der Waals surface area contributed by atoms with E-state index < -0.39 is 61.1 Å². The van der Waals surface area contributed by atoms with Gasteiger partial charge in [0.1, 0.15) is 24.4 Å². The highest BCUT2D eigenvalue weighted by atomic mass is 32.1. The molecule has 9 atom stereocenters. The van der Waals surface area contributed by atoms with E-state index in [2.05, 4.69) is 12.6 Å². The topological polar surface area (TPSA) is 118 Å². The van der Waals surface area contributed by atoms with E-state index >= 15 is 0 Å². The third-order valence-electron chi connectivity index (χ3n) is 4.07. The van der Waals surface area contributed by atoms with Crippen LogP contribution in [-0.4, -0.2) is 88.6 Å². The van der Waals surface area contributed by atoms with Gasteiger partial charge >= 0.3 is 0 Å². The number of ether oxygens (including phenoxy) is 4. The molecule has 2 aliphatic rings. The standard InChI is InChI=1S/C13H24O8S/c1-3-5-7(15)11(22)13(19-5)21-10-6(4-14)20-12(18-2)9(17)8(10)16/h5-17,22H,3-4H2,1-2H3/t5-,6+,7+,8+,9-,10+,11-,12-,13-/m0/s1. The zero-order chi connectivity index (χ0) is 16.4. The zero-order valence-electron chi connectivity index (χ0n) is 12.5. The second-order valence-electron chi connectivity index (χ2n) is 5.48. The Morgan fingerprint density at radius 2 is 1.64 bits per heavy atom. The Bertz CT molecular complexity index is 357. The maximum atomic E-state index is 10.2. The summed E-state index contributed by atoms with van der Waals surface area (Å²) in [6, 6.07) is 0. The summed E-state index contributed by atoms with van der Waals surface area (Å²) < 4.78 is 21.5. The molecule has 0 unspecified atom stereocenters. The van der Waals surface area contributed by atoms with Crippen LogP contribution < -0.4 is 0 Å². The van der Waals surface area contributed by atoms with Crippen LogP contribution in [0.25, 0.3) is 0 Å². The Morgan fingerprint density at radius 1 is 1.00 bits per heavy atom. The normalized spacial score (nSPS) is 49.5. The molecule has 2 rings (SSSR count). The van der Waals surface area contributed by atoms with Crippen LogP contribution in [0, 0.1) is 0 Å². The number of thiol groups is 1. The average Bonchev–Trinajstić information content (AvgIpc) is 2.80. The van der Waals surface area contributed by atoms with Gasteiger partial charge in [-0.1, -0.05) is 6.92 Å². The smallest absolute Gasteiger partial charge is 0.186 e. The number of aliphatic hydroxyl groups excluding tert-OH is 4. The summed E-state index contributed by atoms with van der Waals surface area (Å²) >= 11 is 4.27. The van der Waals surface area contributed by atoms with E-state index in [1.165, 1.54) is 7.11 Å². The van der Waals surface area contributed by atoms with E-state index in [9.17, 15) is 20.4 Å². The van der Waals surface area contributed by atoms with Gasteiger partial charge in [-0.25, -0.2) is 0 Å². The number of rotatable bonds is 5. The Hall–Kier alpha value is 0.0300. The molecule has 0 amide bonds. The molecule has 4 N–H and O–H groups in total. The molecule has 0 aromatic carbocycles. The molecule has 2 aliphatic heterocycles. The molecular formula is C13H24O8S. The maximum Gasteiger partial charge on any atom is 0.186 e. The number of methoxy groups -OCH3 is 1. The quantitative estimate of drug-likeness (QED) is 0.374. The van der Waals surface area contributed by atoms with E-state index in [1.54, 1.807) is 0 Å². The summed E-state index contributed by atoms with van der Waals surface area (Å²) in [4.78, 5) is 0. The first kappa shape index (κ1) is 18.4. The SMILES string of the molecule is CC[C@@H]1O[C@@H](O[C@H]2[C@H](O)[C@H](O)[C@@H](OC)O[C@@H]2CO)[C@@H](S)[C@@H]1O. The Morgan fingerprint density at radius 3 is 2.14 bits per heavy atom. The number of aliphatic hydroxyl groups is 4. The van der Waals surface area contributed by atoms with E-state index in [0.717, 1.165) is 0 Å². The predicted molar refractivity (Wildman–Crippen MR) is 77.4 cm³/mol. The zero-order valence-corrected chi connectivity index (χ0v) is 13.4. The number of hydrogen-bond acceptors (Lipinski definition) is 9. The van der Waals surface area contributed by atoms with Crippen LogP contribution >= 0.6 is 12.6 Å². The summed E-state index contributed by atoms with van der Waals surface area (Å²) in [5.74, 6) is 0. The van der Waals surface area contributed by atoms with Crippen molar-refractivity contribution in [3.05, 3.63) is 0 Å². The summed E-state index contributed by atoms with van der Waals surface area (Å²) in [7, 11) is 1.32. The van der Waals surface area contributed by atoms with Gasteiger partial charge in [0.2, 0.25) is 0 Å². The van der Waals surface area contributed by atoms with E-state index in [1.807, 2.05) is 6.92 Å². The van der Waals surface area contributed by atoms with Crippen molar-refractivity contribution in [1.29, 1.82) is 0 Å². The molecule has 130 valence electrons. The van der Waals surface area contributed by atoms with Crippen LogP contribution in [0.5, 0.6) is 0 Å². The van der Waals surface area contributed by atoms with Crippen LogP contribution in [0.4, 0.5) is 0 Å². The lowest BCUT2D eigenvalue weighted by Crippen LogP contribution is -2.60. The van der Waals surface area contributed by atoms with Gasteiger partial charge in [0, 0.05) is 7.11 Å². The lowest BCUT2D eigenvalue weighted by atomic mass is 9.99. The molecule has 9 heteroatoms. The van der Waals surface area contributed by atoms with Gasteiger partial charge in [0.25, 0.3) is 0 Å². The van der Waals surface area contributed by atoms with Gasteiger partial charge in [-0.2, -0.15) is 12.6 Å². The average molecular weight is 340 g/mol. The molecular weight excluding hydrogens is 316 g/mol. The Labute approximate surface area is 134 Å². The molecule has 0 radical (unpaired) electrons. The van der Waals surface area contributed by atoms with Gasteiger partial charge in [-0.15, -0.1) is 0 Å². The minimum absolute atomic E-state index is 0.418. The molecule has 0 aromatic heterocycles. The van der Waals surface area contributed by atoms with E-state index in [-0.39, 0.29) is 0 Å². The highest BCUT2D eigenvalue weighted by molar-refractivity contribution is 7.81. The molecule has 2 heterocycles. The largest absolute Gasteiger partial charge is 0.394 e. The van der Waals surface area contributed by atoms with Gasteiger partial charge in [-0.05, 0) is 6.42 Å². The van der Waals surface area contributed by atoms with Crippen molar-refractivity contribution in [2.24, 2.45) is 0 Å². The van der Waals surface area contributed by atoms with Gasteiger partial charge in [0.15, 0.2) is 12.6 Å². The lowest BCUT2D eigenvalue weighted by Gasteiger charge is -2.42. The first-order valence-electron chi connectivity index (χ1n) is 7.26. The van der Waals surface area contributed by atoms with Crippen molar-refractivity contribution in [2.45, 2.75) is 67.8 Å². The fraction of sp³-hybridized carbons (Fsp3) is 1.00. The van der Waals surface area contributed by atoms with Crippen molar-refractivity contribution >= 4 is 12.6 Å². The molecule has 0 spiro atoms. The molecule has 2 fully saturated rings. The maximum absolute atomic E-state index is 10.2. The fourth-order valence-electron chi connectivity index (χ4n) is 2.73. The summed E-state index contributed by atoms with van der Waals surface area (Å²) in [5.41, 5.74) is 0. The third-order valence-corrected chi connectivity index (χ3v) is 4.61. The molecule has 8 nitrogen and oxygen atoms in total. The van der Waals surface area contributed by atoms with Crippen molar-refractivity contribution < 1.29 is 39.4 Å². The second-order valence-corrected chi connectivity index (χ2v) is 6.07. The molecule has 0 aliphatic carbocycles. The molecule has 0 bridgehead atoms. The highest BCUT2D eigenvalue weighted by Crippen LogP contribution is 2.32. The summed E-state index contributed by atoms with van der Waals surface area (Å²) in [6.07, 6.45) is -7.17. The van der Waals surface area contributed by atoms with Crippen molar-refractivity contribution in [2.75, 3.05) is 13.7 Å². The first-order valence-corrected chi connectivity index (χ1v) is 7.78. The van der Waals surface area contributed by atoms with Crippen molar-refractivity contribution in [3.8, 4) is 0 Å². The van der Waals surface area contributed by atoms with Crippen LogP contribution in [0.15, 0.2) is 0 Å². The molecule has 22 heavy (non-hydrogen) atoms. The van der Waals surface area contributed by atoms with Crippen molar-refractivity contribution in [3.63, 3.8) is 0 Å². The molecule has 2 saturated heterocycles. The summed E-state index contributed by atoms with van der Waals surface area (Å²) in [5, 5.41) is 38.9. The number of hydrogen-bond donors (Lipinski definition) is 5. The van der Waals surface area contributed by atoms with Crippen LogP contribution in [0.3, 0.4) is 0 Å². The van der Waals surface area contributed by atoms with Crippen LogP contribution in [0.2, 0.25) is 0 Å². The third kappa shape index (κ3) is 3.42. The summed E-state index contributed by atoms with van der Waals surface area (Å²) in [6.45, 7) is 1.43. The highest BCUT2D eigenvalue weighted by Gasteiger charge is 2.49. The first-order chi connectivity index (χ1) is 10.4. The second kappa shape index (κ2) is 7.73. The molecule has 0 aromatic rings. The Balaban J connectivity index is 2.07. The van der Waals surface area contributed by atoms with Crippen LogP contribution in [-0.2, 0) is 18.9 Å². The fourth-order valence-corrected chi connectivity index (χ4v) is 3.07. The lowest BCUT2D eigenvalue weighted by molar-refractivity contribution is -0.320. The van der Waals surface area contributed by atoms with Crippen LogP contribution in [0.1, 0.15) is 13.3 Å². The van der Waals surface area contributed by atoms with E-state index in [4.69, 9.17) is 18.9 Å². The Kier molecular flexibility index (Phi) is 6.46. The van der Waals surface area contributed by atoms with E-state index in [0.29, 0.717) is 6.42 Å². The minimum atomic E-state index is -1.34. The van der Waals surface area contributed by atoms with Gasteiger partial charge < -0.3 is 39.4 Å². The van der Waals surface area contributed by atoms with Crippen molar-refractivity contribution in [1.82, 2.24) is 0 Å². The van der Waals surface area contributed by atoms with Gasteiger partial charge in [-0.3, -0.25) is 0 Å². The van der Waals surface area contributed by atoms with Gasteiger partial charge in [0.05, 0.1) is 24.1 Å². The monoisotopic (exact) mass is 340 g/mol. The predicted octanol–water partition coefficient (Wildman–Crippen LogP) is -1.75. The minimum Gasteiger partial charge on any atom is -0.394 e.